The Morgan fingerprint density at radius 1 is 0.632 bits per heavy atom. The number of pyridine rings is 3. The average molecular weight is 1070 g/mol. The second kappa shape index (κ2) is 19.2. The number of carbonyl (C=O) groups is 2. The van der Waals surface area contributed by atoms with Crippen molar-refractivity contribution in [3.8, 4) is 34.2 Å². The molecule has 0 spiro atoms. The lowest BCUT2D eigenvalue weighted by atomic mass is 10.1. The molecule has 0 aliphatic carbocycles. The number of nitrogens with zero attached hydrogens (tertiary/aromatic N) is 19. The van der Waals surface area contributed by atoms with Gasteiger partial charge in [-0.1, -0.05) is 35.3 Å². The molecule has 0 radical (unpaired) electrons. The van der Waals surface area contributed by atoms with Crippen molar-refractivity contribution in [2.75, 3.05) is 86.7 Å². The van der Waals surface area contributed by atoms with Gasteiger partial charge in [-0.2, -0.15) is 19.0 Å². The molecule has 2 aliphatic rings. The standard InChI is InChI=1S/C48H45Cl2FN22O3/c1-25-20-31(28(51)24-56-25)68-14-8-66(9-15-68)12-18-70-36(38(52)74)34(49)32-41(70)62-46(53)72-43(32)61-40(65-72)30-6-5-26(21-57-30)27-22-58-48(59-23-27)69-16-10-67(11-17-69)13-19-71-37(45(75)76)35(50)33-42(71)63-47(54)73-44(33)60-39(64-73)29-4-2-3-7-55-29/h2-7,20-24H,8-19H2,1H3,(H2,52,74)(H2,53,62)(H2,54,63)(H,75,76). The summed E-state index contributed by atoms with van der Waals surface area (Å²) in [5.74, 6) is -1.14. The van der Waals surface area contributed by atoms with Crippen LogP contribution in [0.5, 0.6) is 0 Å². The molecule has 10 aromatic heterocycles. The van der Waals surface area contributed by atoms with Gasteiger partial charge in [-0.15, -0.1) is 10.2 Å². The van der Waals surface area contributed by atoms with Crippen LogP contribution in [0.4, 0.5) is 27.9 Å². The van der Waals surface area contributed by atoms with Gasteiger partial charge in [0.1, 0.15) is 34.1 Å². The van der Waals surface area contributed by atoms with Gasteiger partial charge in [0.05, 0.1) is 32.7 Å². The molecule has 12 heterocycles. The van der Waals surface area contributed by atoms with E-state index in [-0.39, 0.29) is 62.8 Å². The van der Waals surface area contributed by atoms with Crippen LogP contribution in [0.3, 0.4) is 0 Å². The van der Waals surface area contributed by atoms with E-state index in [2.05, 4.69) is 64.8 Å². The van der Waals surface area contributed by atoms with Crippen molar-refractivity contribution in [1.29, 1.82) is 0 Å². The Bertz CT molecular complexity index is 3910. The van der Waals surface area contributed by atoms with Crippen LogP contribution in [0.25, 0.3) is 67.5 Å². The molecule has 12 rings (SSSR count). The van der Waals surface area contributed by atoms with Gasteiger partial charge in [0.15, 0.2) is 17.1 Å². The van der Waals surface area contributed by atoms with E-state index in [1.54, 1.807) is 58.2 Å². The summed E-state index contributed by atoms with van der Waals surface area (Å²) in [4.78, 5) is 75.0. The SMILES string of the molecule is Cc1cc(N2CCN(CCn3c(C(N)=O)c(Cl)c4c3nc(N)n3nc(-c5ccc(-c6cnc(N7CCN(CCn8c(C(=O)O)c(Cl)c9c8nc(N)n8nc(-c%10ccccn%10)nc98)CC7)nc6)cn5)nc43)CC2)c(F)cn1. The van der Waals surface area contributed by atoms with Gasteiger partial charge in [-0.25, -0.2) is 29.1 Å². The monoisotopic (exact) mass is 1070 g/mol. The topological polar surface area (TPSA) is 306 Å². The van der Waals surface area contributed by atoms with Crippen LogP contribution < -0.4 is 27.0 Å². The van der Waals surface area contributed by atoms with Crippen LogP contribution in [-0.2, 0) is 13.1 Å². The molecule has 7 N–H and O–H groups in total. The predicted molar refractivity (Wildman–Crippen MR) is 281 cm³/mol. The molecule has 0 saturated carbocycles. The maximum atomic E-state index is 14.6. The molecule has 10 aromatic rings. The van der Waals surface area contributed by atoms with Crippen LogP contribution in [0.1, 0.15) is 26.7 Å². The van der Waals surface area contributed by atoms with Crippen molar-refractivity contribution in [3.05, 3.63) is 100 Å². The number of carboxylic acid groups (broad SMARTS) is 1. The molecule has 386 valence electrons. The third kappa shape index (κ3) is 8.49. The highest BCUT2D eigenvalue weighted by molar-refractivity contribution is 6.40. The van der Waals surface area contributed by atoms with Crippen molar-refractivity contribution < 1.29 is 19.1 Å². The first-order valence-electron chi connectivity index (χ1n) is 24.1. The zero-order valence-corrected chi connectivity index (χ0v) is 42.0. The molecule has 1 amide bonds. The molecule has 0 atom stereocenters. The lowest BCUT2D eigenvalue weighted by molar-refractivity contribution is 0.0684. The molecule has 0 unspecified atom stereocenters. The Kier molecular flexibility index (Phi) is 12.2. The van der Waals surface area contributed by atoms with E-state index in [1.807, 2.05) is 24.0 Å². The number of rotatable bonds is 13. The van der Waals surface area contributed by atoms with E-state index >= 15 is 0 Å². The largest absolute Gasteiger partial charge is 0.477 e. The number of halogens is 3. The van der Waals surface area contributed by atoms with Crippen LogP contribution in [-0.4, -0.2) is 165 Å². The fraction of sp³-hybridized carbons (Fsp3) is 0.271. The van der Waals surface area contributed by atoms with Crippen molar-refractivity contribution in [2.24, 2.45) is 5.73 Å². The van der Waals surface area contributed by atoms with Crippen LogP contribution in [0.2, 0.25) is 10.0 Å². The van der Waals surface area contributed by atoms with Gasteiger partial charge >= 0.3 is 5.97 Å². The summed E-state index contributed by atoms with van der Waals surface area (Å²) in [5, 5.41) is 20.2. The van der Waals surface area contributed by atoms with Crippen molar-refractivity contribution >= 4 is 92.0 Å². The van der Waals surface area contributed by atoms with Crippen LogP contribution >= 0.6 is 23.2 Å². The number of nitrogen functional groups attached to an aromatic ring is 2. The number of piperazine rings is 2. The van der Waals surface area contributed by atoms with Gasteiger partial charge in [-0.05, 0) is 31.2 Å². The average Bonchev–Trinajstić information content (AvgIpc) is 4.21. The number of hydrogen-bond acceptors (Lipinski definition) is 19. The van der Waals surface area contributed by atoms with Crippen LogP contribution in [0, 0.1) is 12.7 Å². The van der Waals surface area contributed by atoms with E-state index in [0.29, 0.717) is 123 Å². The summed E-state index contributed by atoms with van der Waals surface area (Å²) >= 11 is 13.7. The Balaban J connectivity index is 0.702. The smallest absolute Gasteiger partial charge is 0.354 e. The van der Waals surface area contributed by atoms with E-state index in [9.17, 15) is 19.1 Å². The first-order valence-corrected chi connectivity index (χ1v) is 24.8. The minimum atomic E-state index is -1.21. The van der Waals surface area contributed by atoms with Crippen molar-refractivity contribution in [3.63, 3.8) is 0 Å². The summed E-state index contributed by atoms with van der Waals surface area (Å²) in [7, 11) is 0. The van der Waals surface area contributed by atoms with E-state index in [1.165, 1.54) is 15.2 Å². The van der Waals surface area contributed by atoms with Gasteiger partial charge in [-0.3, -0.25) is 29.5 Å². The maximum Gasteiger partial charge on any atom is 0.354 e. The molecule has 28 heteroatoms. The summed E-state index contributed by atoms with van der Waals surface area (Å²) in [6, 6.07) is 10.7. The highest BCUT2D eigenvalue weighted by Gasteiger charge is 2.30. The first kappa shape index (κ1) is 48.2. The Morgan fingerprint density at radius 2 is 1.18 bits per heavy atom. The lowest BCUT2D eigenvalue weighted by Crippen LogP contribution is -2.47. The van der Waals surface area contributed by atoms with Crippen molar-refractivity contribution in [2.45, 2.75) is 20.0 Å². The Hall–Kier alpha value is -8.72. The molecular formula is C48H45Cl2FN22O3. The molecule has 76 heavy (non-hydrogen) atoms. The maximum absolute atomic E-state index is 14.6. The molecule has 0 bridgehead atoms. The minimum Gasteiger partial charge on any atom is -0.477 e. The fourth-order valence-electron chi connectivity index (χ4n) is 9.93. The third-order valence-electron chi connectivity index (χ3n) is 13.8. The summed E-state index contributed by atoms with van der Waals surface area (Å²) in [6.45, 7) is 8.58. The molecular weight excluding hydrogens is 1020 g/mol. The Labute approximate surface area is 439 Å². The zero-order chi connectivity index (χ0) is 52.5. The van der Waals surface area contributed by atoms with Gasteiger partial charge < -0.3 is 41.2 Å². The number of carbonyl (C=O) groups excluding carboxylic acids is 1. The van der Waals surface area contributed by atoms with Gasteiger partial charge in [0, 0.05) is 120 Å². The Morgan fingerprint density at radius 3 is 1.72 bits per heavy atom. The van der Waals surface area contributed by atoms with Gasteiger partial charge in [0.25, 0.3) is 5.91 Å². The molecule has 2 saturated heterocycles. The molecule has 25 nitrogen and oxygen atoms in total. The summed E-state index contributed by atoms with van der Waals surface area (Å²) < 4.78 is 20.5. The van der Waals surface area contributed by atoms with E-state index in [4.69, 9.17) is 45.4 Å². The normalized spacial score (nSPS) is 14.8. The van der Waals surface area contributed by atoms with Gasteiger partial charge in [0.2, 0.25) is 29.5 Å². The fourth-order valence-corrected chi connectivity index (χ4v) is 10.6. The number of aromatic nitrogens is 15. The van der Waals surface area contributed by atoms with Crippen LogP contribution in [0.15, 0.2) is 67.4 Å². The zero-order valence-electron chi connectivity index (χ0n) is 40.5. The lowest BCUT2D eigenvalue weighted by Gasteiger charge is -2.36. The number of anilines is 4. The third-order valence-corrected chi connectivity index (χ3v) is 14.5. The number of nitrogens with two attached hydrogens (primary N) is 3. The number of aryl methyl sites for hydroxylation is 1. The predicted octanol–water partition coefficient (Wildman–Crippen LogP) is 3.81. The second-order valence-corrected chi connectivity index (χ2v) is 19.1. The minimum absolute atomic E-state index is 0.00142. The highest BCUT2D eigenvalue weighted by atomic mass is 35.5. The number of primary amides is 1. The molecule has 2 fully saturated rings. The highest BCUT2D eigenvalue weighted by Crippen LogP contribution is 2.36. The first-order chi connectivity index (χ1) is 36.8. The number of aromatic carboxylic acids is 1. The second-order valence-electron chi connectivity index (χ2n) is 18.3. The van der Waals surface area contributed by atoms with E-state index in [0.717, 1.165) is 16.8 Å². The number of fused-ring (bicyclic) bond motifs is 6. The quantitative estimate of drug-likeness (QED) is 0.128. The number of amides is 1. The molecule has 2 aliphatic heterocycles. The van der Waals surface area contributed by atoms with Crippen molar-refractivity contribution in [1.82, 2.24) is 83.0 Å². The summed E-state index contributed by atoms with van der Waals surface area (Å²) in [6.07, 6.45) is 8.02. The number of carboxylic acids is 1. The number of hydrogen-bond donors (Lipinski definition) is 4. The summed E-state index contributed by atoms with van der Waals surface area (Å²) in [5.41, 5.74) is 23.6. The van der Waals surface area contributed by atoms with E-state index < -0.39 is 11.9 Å². The molecule has 0 aromatic carbocycles.